The molecule has 4 atom stereocenters. The molecule has 0 aromatic heterocycles. The van der Waals surface area contributed by atoms with Gasteiger partial charge in [0.05, 0.1) is 35.6 Å². The first kappa shape index (κ1) is 23.6. The van der Waals surface area contributed by atoms with Crippen molar-refractivity contribution < 1.29 is 24.0 Å². The molecular formula is C29H23N3O6. The second-order valence-corrected chi connectivity index (χ2v) is 9.67. The third-order valence-electron chi connectivity index (χ3n) is 7.74. The van der Waals surface area contributed by atoms with Crippen LogP contribution >= 0.6 is 0 Å². The van der Waals surface area contributed by atoms with Gasteiger partial charge in [-0.2, -0.15) is 0 Å². The number of nitrogens with zero attached hydrogens (tertiary/aromatic N) is 3. The van der Waals surface area contributed by atoms with Crippen LogP contribution in [0, 0.1) is 28.9 Å². The Morgan fingerprint density at radius 3 is 2.37 bits per heavy atom. The van der Waals surface area contributed by atoms with Crippen molar-refractivity contribution >= 4 is 35.0 Å². The number of imide groups is 1. The molecule has 190 valence electrons. The maximum atomic E-state index is 14.0. The minimum Gasteiger partial charge on any atom is -0.497 e. The van der Waals surface area contributed by atoms with Gasteiger partial charge in [-0.15, -0.1) is 0 Å². The number of Topliss-reactive ketones (excluding diaryl/α,β-unsaturated/α-hetero) is 1. The second-order valence-electron chi connectivity index (χ2n) is 9.67. The van der Waals surface area contributed by atoms with Gasteiger partial charge >= 0.3 is 0 Å². The van der Waals surface area contributed by atoms with Crippen molar-refractivity contribution in [3.05, 3.63) is 105 Å². The molecule has 0 spiro atoms. The van der Waals surface area contributed by atoms with Crippen LogP contribution < -0.4 is 9.64 Å². The Bertz CT molecular complexity index is 1550. The number of ketones is 1. The van der Waals surface area contributed by atoms with Gasteiger partial charge in [0.15, 0.2) is 5.78 Å². The van der Waals surface area contributed by atoms with Crippen molar-refractivity contribution in [2.75, 3.05) is 12.0 Å². The van der Waals surface area contributed by atoms with Gasteiger partial charge in [-0.05, 0) is 60.0 Å². The zero-order valence-electron chi connectivity index (χ0n) is 20.6. The summed E-state index contributed by atoms with van der Waals surface area (Å²) in [6, 6.07) is 17.0. The van der Waals surface area contributed by atoms with Gasteiger partial charge in [0.1, 0.15) is 11.8 Å². The van der Waals surface area contributed by atoms with E-state index in [2.05, 4.69) is 0 Å². The lowest BCUT2D eigenvalue weighted by atomic mass is 9.83. The quantitative estimate of drug-likeness (QED) is 0.218. The molecule has 0 saturated carbocycles. The lowest BCUT2D eigenvalue weighted by Gasteiger charge is -2.35. The highest BCUT2D eigenvalue weighted by molar-refractivity contribution is 6.25. The number of fused-ring (bicyclic) bond motifs is 5. The molecule has 38 heavy (non-hydrogen) atoms. The molecule has 6 rings (SSSR count). The number of hydrogen-bond acceptors (Lipinski definition) is 7. The zero-order chi connectivity index (χ0) is 26.7. The van der Waals surface area contributed by atoms with Crippen LogP contribution in [-0.2, 0) is 9.59 Å². The van der Waals surface area contributed by atoms with E-state index in [0.29, 0.717) is 22.6 Å². The highest BCUT2D eigenvalue weighted by Crippen LogP contribution is 2.54. The number of ether oxygens (including phenoxy) is 1. The molecule has 0 aliphatic carbocycles. The van der Waals surface area contributed by atoms with Gasteiger partial charge in [0.2, 0.25) is 11.8 Å². The Morgan fingerprint density at radius 1 is 0.974 bits per heavy atom. The fraction of sp³-hybridized carbons (Fsp3) is 0.207. The fourth-order valence-corrected chi connectivity index (χ4v) is 6.02. The summed E-state index contributed by atoms with van der Waals surface area (Å²) in [5.41, 5.74) is 2.80. The summed E-state index contributed by atoms with van der Waals surface area (Å²) in [4.78, 5) is 55.7. The Balaban J connectivity index is 1.47. The van der Waals surface area contributed by atoms with Crippen LogP contribution in [0.2, 0.25) is 0 Å². The first-order valence-corrected chi connectivity index (χ1v) is 12.2. The van der Waals surface area contributed by atoms with Crippen LogP contribution in [-0.4, -0.2) is 40.6 Å². The average Bonchev–Trinajstić information content (AvgIpc) is 3.40. The summed E-state index contributed by atoms with van der Waals surface area (Å²) >= 11 is 0. The van der Waals surface area contributed by atoms with Gasteiger partial charge in [-0.3, -0.25) is 24.5 Å². The molecule has 2 amide bonds. The Morgan fingerprint density at radius 2 is 1.68 bits per heavy atom. The molecule has 3 aliphatic rings. The molecule has 0 N–H and O–H groups in total. The van der Waals surface area contributed by atoms with Crippen molar-refractivity contribution in [2.45, 2.75) is 19.0 Å². The number of hydrogen-bond donors (Lipinski definition) is 0. The third-order valence-corrected chi connectivity index (χ3v) is 7.74. The van der Waals surface area contributed by atoms with Crippen LogP contribution in [0.5, 0.6) is 5.75 Å². The Labute approximate surface area is 218 Å². The predicted molar refractivity (Wildman–Crippen MR) is 138 cm³/mol. The first-order valence-electron chi connectivity index (χ1n) is 12.2. The number of rotatable bonds is 5. The number of aryl methyl sites for hydroxylation is 1. The average molecular weight is 510 g/mol. The van der Waals surface area contributed by atoms with E-state index in [1.165, 1.54) is 25.3 Å². The molecule has 3 aromatic carbocycles. The molecule has 3 aliphatic heterocycles. The van der Waals surface area contributed by atoms with Gasteiger partial charge in [-0.25, -0.2) is 4.90 Å². The molecule has 9 heteroatoms. The van der Waals surface area contributed by atoms with Crippen LogP contribution in [0.1, 0.15) is 33.1 Å². The van der Waals surface area contributed by atoms with Gasteiger partial charge < -0.3 is 9.64 Å². The summed E-state index contributed by atoms with van der Waals surface area (Å²) in [6.45, 7) is 1.63. The Kier molecular flexibility index (Phi) is 5.37. The van der Waals surface area contributed by atoms with E-state index in [4.69, 9.17) is 4.74 Å². The number of carbonyl (C=O) groups is 3. The lowest BCUT2D eigenvalue weighted by molar-refractivity contribution is -0.384. The summed E-state index contributed by atoms with van der Waals surface area (Å²) in [5.74, 6) is -2.28. The van der Waals surface area contributed by atoms with E-state index in [9.17, 15) is 24.5 Å². The number of anilines is 1. The molecule has 1 unspecified atom stereocenters. The molecule has 0 radical (unpaired) electrons. The standard InChI is InChI=1S/C29H23N3O6/c1-16-15-19(32(36)37)9-12-22(16)31-28(34)23-24(29(31)35)26(27(33)18-7-10-20(38-2)11-8-18)30-14-13-17-5-3-4-6-21(17)25(23)30/h3-15,23-26H,1-2H3/t23-,24+,25?,26-/m0/s1. The van der Waals surface area contributed by atoms with E-state index in [-0.39, 0.29) is 11.5 Å². The molecular weight excluding hydrogens is 486 g/mol. The van der Waals surface area contributed by atoms with E-state index in [1.807, 2.05) is 35.2 Å². The van der Waals surface area contributed by atoms with Gasteiger partial charge in [0.25, 0.3) is 5.69 Å². The van der Waals surface area contributed by atoms with Crippen molar-refractivity contribution in [1.82, 2.24) is 4.90 Å². The molecule has 3 aromatic rings. The highest BCUT2D eigenvalue weighted by Gasteiger charge is 2.64. The number of nitro groups is 1. The summed E-state index contributed by atoms with van der Waals surface area (Å²) in [7, 11) is 1.54. The van der Waals surface area contributed by atoms with Crippen LogP contribution in [0.15, 0.2) is 72.9 Å². The predicted octanol–water partition coefficient (Wildman–Crippen LogP) is 4.31. The maximum Gasteiger partial charge on any atom is 0.269 e. The number of carbonyl (C=O) groups excluding carboxylic acids is 3. The zero-order valence-corrected chi connectivity index (χ0v) is 20.6. The molecule has 9 nitrogen and oxygen atoms in total. The van der Waals surface area contributed by atoms with Gasteiger partial charge in [-0.1, -0.05) is 24.3 Å². The number of nitro benzene ring substituents is 1. The number of benzene rings is 3. The lowest BCUT2D eigenvalue weighted by Crippen LogP contribution is -2.44. The fourth-order valence-electron chi connectivity index (χ4n) is 6.02. The first-order chi connectivity index (χ1) is 18.3. The van der Waals surface area contributed by atoms with E-state index in [1.54, 1.807) is 37.4 Å². The Hall–Kier alpha value is -4.79. The summed E-state index contributed by atoms with van der Waals surface area (Å²) in [6.07, 6.45) is 3.70. The highest BCUT2D eigenvalue weighted by atomic mass is 16.6. The minimum atomic E-state index is -0.924. The van der Waals surface area contributed by atoms with E-state index in [0.717, 1.165) is 16.0 Å². The van der Waals surface area contributed by atoms with Crippen molar-refractivity contribution in [2.24, 2.45) is 11.8 Å². The molecule has 3 heterocycles. The van der Waals surface area contributed by atoms with Crippen molar-refractivity contribution in [3.8, 4) is 5.75 Å². The van der Waals surface area contributed by atoms with Crippen LogP contribution in [0.3, 0.4) is 0 Å². The van der Waals surface area contributed by atoms with Gasteiger partial charge in [0, 0.05) is 23.9 Å². The summed E-state index contributed by atoms with van der Waals surface area (Å²) < 4.78 is 5.22. The topological polar surface area (TPSA) is 110 Å². The largest absolute Gasteiger partial charge is 0.497 e. The molecule has 0 bridgehead atoms. The van der Waals surface area contributed by atoms with E-state index >= 15 is 0 Å². The van der Waals surface area contributed by atoms with Crippen LogP contribution in [0.25, 0.3) is 6.08 Å². The SMILES string of the molecule is COc1ccc(C(=O)[C@@H]2[C@@H]3C(=O)N(c4ccc([N+](=O)[O-])cc4C)C(=O)[C@@H]3C3c4ccccc4C=CN32)cc1. The summed E-state index contributed by atoms with van der Waals surface area (Å²) in [5, 5.41) is 11.2. The van der Waals surface area contributed by atoms with Crippen molar-refractivity contribution in [1.29, 1.82) is 0 Å². The minimum absolute atomic E-state index is 0.129. The number of amides is 2. The molecule has 2 saturated heterocycles. The number of methoxy groups -OCH3 is 1. The third kappa shape index (κ3) is 3.35. The van der Waals surface area contributed by atoms with Crippen molar-refractivity contribution in [3.63, 3.8) is 0 Å². The smallest absolute Gasteiger partial charge is 0.269 e. The number of non-ortho nitro benzene ring substituents is 1. The normalized spacial score (nSPS) is 23.2. The monoisotopic (exact) mass is 509 g/mol. The molecule has 2 fully saturated rings. The van der Waals surface area contributed by atoms with Crippen LogP contribution in [0.4, 0.5) is 11.4 Å². The van der Waals surface area contributed by atoms with E-state index < -0.39 is 40.7 Å². The second kappa shape index (κ2) is 8.65. The maximum absolute atomic E-state index is 14.0.